The molecule has 1 heterocycles. The molecule has 1 aliphatic heterocycles. The van der Waals surface area contributed by atoms with E-state index in [1.807, 2.05) is 0 Å². The first kappa shape index (κ1) is 14.7. The van der Waals surface area contributed by atoms with Crippen molar-refractivity contribution in [3.63, 3.8) is 0 Å². The van der Waals surface area contributed by atoms with E-state index < -0.39 is 5.82 Å². The highest BCUT2D eigenvalue weighted by molar-refractivity contribution is 5.95. The van der Waals surface area contributed by atoms with Crippen LogP contribution in [0.15, 0.2) is 18.2 Å². The van der Waals surface area contributed by atoms with Crippen molar-refractivity contribution in [2.45, 2.75) is 19.4 Å². The van der Waals surface area contributed by atoms with Gasteiger partial charge in [-0.25, -0.2) is 4.39 Å². The minimum absolute atomic E-state index is 0.149. The van der Waals surface area contributed by atoms with Crippen molar-refractivity contribution in [2.75, 3.05) is 37.4 Å². The van der Waals surface area contributed by atoms with Crippen LogP contribution in [0.5, 0.6) is 0 Å². The summed E-state index contributed by atoms with van der Waals surface area (Å²) in [6.07, 6.45) is 0.936. The zero-order chi connectivity index (χ0) is 14.5. The lowest BCUT2D eigenvalue weighted by atomic mass is 10.2. The van der Waals surface area contributed by atoms with Crippen LogP contribution >= 0.6 is 0 Å². The number of amides is 1. The lowest BCUT2D eigenvalue weighted by molar-refractivity contribution is -0.119. The Morgan fingerprint density at radius 1 is 1.60 bits per heavy atom. The number of anilines is 2. The normalized spacial score (nSPS) is 19.8. The standard InChI is InChI=1S/C14H20FN3O2/c1-2-11-9-20-6-5-18(11)8-14(19)17-13-4-3-10(15)7-12(13)16/h3-4,7,11H,2,5-6,8-9,16H2,1H3,(H,17,19). The average molecular weight is 281 g/mol. The molecule has 3 N–H and O–H groups in total. The maximum atomic E-state index is 12.9. The second-order valence-electron chi connectivity index (χ2n) is 4.89. The molecule has 0 saturated carbocycles. The topological polar surface area (TPSA) is 67.6 Å². The summed E-state index contributed by atoms with van der Waals surface area (Å²) in [5.41, 5.74) is 6.34. The van der Waals surface area contributed by atoms with Crippen LogP contribution in [0.1, 0.15) is 13.3 Å². The molecule has 1 aromatic rings. The highest BCUT2D eigenvalue weighted by atomic mass is 19.1. The third-order valence-electron chi connectivity index (χ3n) is 3.46. The number of nitrogens with two attached hydrogens (primary N) is 1. The Balaban J connectivity index is 1.94. The number of hydrogen-bond acceptors (Lipinski definition) is 4. The Labute approximate surface area is 117 Å². The lowest BCUT2D eigenvalue weighted by Gasteiger charge is -2.34. The molecule has 5 nitrogen and oxygen atoms in total. The lowest BCUT2D eigenvalue weighted by Crippen LogP contribution is -2.48. The number of ether oxygens (including phenoxy) is 1. The number of nitrogen functional groups attached to an aromatic ring is 1. The molecule has 0 radical (unpaired) electrons. The molecule has 110 valence electrons. The molecule has 1 fully saturated rings. The van der Waals surface area contributed by atoms with E-state index in [2.05, 4.69) is 17.1 Å². The molecule has 1 aliphatic rings. The van der Waals surface area contributed by atoms with Crippen molar-refractivity contribution in [3.05, 3.63) is 24.0 Å². The van der Waals surface area contributed by atoms with Gasteiger partial charge in [-0.3, -0.25) is 9.69 Å². The van der Waals surface area contributed by atoms with Gasteiger partial charge in [-0.2, -0.15) is 0 Å². The van der Waals surface area contributed by atoms with Gasteiger partial charge in [0.2, 0.25) is 5.91 Å². The molecule has 2 rings (SSSR count). The number of morpholine rings is 1. The van der Waals surface area contributed by atoms with Crippen LogP contribution in [-0.2, 0) is 9.53 Å². The van der Waals surface area contributed by atoms with E-state index in [9.17, 15) is 9.18 Å². The summed E-state index contributed by atoms with van der Waals surface area (Å²) in [6, 6.07) is 4.20. The number of halogens is 1. The van der Waals surface area contributed by atoms with Gasteiger partial charge in [0.1, 0.15) is 5.82 Å². The van der Waals surface area contributed by atoms with Crippen molar-refractivity contribution < 1.29 is 13.9 Å². The van der Waals surface area contributed by atoms with Crippen molar-refractivity contribution in [1.82, 2.24) is 4.90 Å². The van der Waals surface area contributed by atoms with E-state index in [0.29, 0.717) is 25.4 Å². The first-order valence-corrected chi connectivity index (χ1v) is 6.76. The van der Waals surface area contributed by atoms with Gasteiger partial charge in [-0.1, -0.05) is 6.92 Å². The number of benzene rings is 1. The molecule has 0 bridgehead atoms. The van der Waals surface area contributed by atoms with Gasteiger partial charge < -0.3 is 15.8 Å². The highest BCUT2D eigenvalue weighted by Gasteiger charge is 2.23. The van der Waals surface area contributed by atoms with Crippen LogP contribution in [0.4, 0.5) is 15.8 Å². The summed E-state index contributed by atoms with van der Waals surface area (Å²) in [7, 11) is 0. The van der Waals surface area contributed by atoms with E-state index in [4.69, 9.17) is 10.5 Å². The largest absolute Gasteiger partial charge is 0.397 e. The monoisotopic (exact) mass is 281 g/mol. The van der Waals surface area contributed by atoms with E-state index >= 15 is 0 Å². The van der Waals surface area contributed by atoms with Crippen LogP contribution in [0.3, 0.4) is 0 Å². The van der Waals surface area contributed by atoms with Gasteiger partial charge in [0.05, 0.1) is 31.1 Å². The number of nitrogens with zero attached hydrogens (tertiary/aromatic N) is 1. The Bertz CT molecular complexity index is 481. The second-order valence-corrected chi connectivity index (χ2v) is 4.89. The Morgan fingerprint density at radius 2 is 2.40 bits per heavy atom. The smallest absolute Gasteiger partial charge is 0.238 e. The summed E-state index contributed by atoms with van der Waals surface area (Å²) in [5, 5.41) is 2.72. The molecule has 0 aromatic heterocycles. The molecule has 1 unspecified atom stereocenters. The van der Waals surface area contributed by atoms with Crippen LogP contribution < -0.4 is 11.1 Å². The second kappa shape index (κ2) is 6.67. The predicted octanol–water partition coefficient (Wildman–Crippen LogP) is 1.46. The maximum absolute atomic E-state index is 12.9. The molecule has 1 saturated heterocycles. The minimum atomic E-state index is -0.417. The number of rotatable bonds is 4. The summed E-state index contributed by atoms with van der Waals surface area (Å²) >= 11 is 0. The summed E-state index contributed by atoms with van der Waals surface area (Å²) < 4.78 is 18.3. The predicted molar refractivity (Wildman–Crippen MR) is 75.9 cm³/mol. The van der Waals surface area contributed by atoms with Crippen LogP contribution in [0.25, 0.3) is 0 Å². The fourth-order valence-electron chi connectivity index (χ4n) is 2.29. The van der Waals surface area contributed by atoms with Crippen molar-refractivity contribution in [1.29, 1.82) is 0 Å². The van der Waals surface area contributed by atoms with Crippen molar-refractivity contribution >= 4 is 17.3 Å². The molecule has 0 spiro atoms. The number of hydrogen-bond donors (Lipinski definition) is 2. The average Bonchev–Trinajstić information content (AvgIpc) is 2.42. The SMILES string of the molecule is CCC1COCCN1CC(=O)Nc1ccc(F)cc1N. The molecule has 20 heavy (non-hydrogen) atoms. The first-order chi connectivity index (χ1) is 9.60. The zero-order valence-electron chi connectivity index (χ0n) is 11.6. The van der Waals surface area contributed by atoms with Crippen molar-refractivity contribution in [2.24, 2.45) is 0 Å². The van der Waals surface area contributed by atoms with Gasteiger partial charge in [0, 0.05) is 12.6 Å². The Hall–Kier alpha value is -1.66. The van der Waals surface area contributed by atoms with Crippen LogP contribution in [0, 0.1) is 5.82 Å². The van der Waals surface area contributed by atoms with Gasteiger partial charge >= 0.3 is 0 Å². The number of nitrogens with one attached hydrogen (secondary N) is 1. The third kappa shape index (κ3) is 3.68. The number of carbonyl (C=O) groups excluding carboxylic acids is 1. The van der Waals surface area contributed by atoms with Crippen LogP contribution in [-0.4, -0.2) is 43.2 Å². The molecule has 1 amide bonds. The quantitative estimate of drug-likeness (QED) is 0.820. The maximum Gasteiger partial charge on any atom is 0.238 e. The molecular weight excluding hydrogens is 261 g/mol. The fourth-order valence-corrected chi connectivity index (χ4v) is 2.29. The molecule has 0 aliphatic carbocycles. The minimum Gasteiger partial charge on any atom is -0.397 e. The van der Waals surface area contributed by atoms with E-state index in [0.717, 1.165) is 13.0 Å². The zero-order valence-corrected chi connectivity index (χ0v) is 11.6. The van der Waals surface area contributed by atoms with Gasteiger partial charge in [-0.15, -0.1) is 0 Å². The van der Waals surface area contributed by atoms with E-state index in [1.54, 1.807) is 0 Å². The molecule has 1 atom stereocenters. The van der Waals surface area contributed by atoms with Crippen LogP contribution in [0.2, 0.25) is 0 Å². The van der Waals surface area contributed by atoms with E-state index in [1.165, 1.54) is 18.2 Å². The summed E-state index contributed by atoms with van der Waals surface area (Å²) in [5.74, 6) is -0.566. The third-order valence-corrected chi connectivity index (χ3v) is 3.46. The number of carbonyl (C=O) groups is 1. The molecular formula is C14H20FN3O2. The molecule has 1 aromatic carbocycles. The van der Waals surface area contributed by atoms with E-state index in [-0.39, 0.29) is 17.6 Å². The summed E-state index contributed by atoms with van der Waals surface area (Å²) in [4.78, 5) is 14.1. The van der Waals surface area contributed by atoms with Crippen molar-refractivity contribution in [3.8, 4) is 0 Å². The molecule has 6 heteroatoms. The Morgan fingerprint density at radius 3 is 3.10 bits per heavy atom. The Kier molecular flexibility index (Phi) is 4.92. The van der Waals surface area contributed by atoms with Gasteiger partial charge in [0.25, 0.3) is 0 Å². The fraction of sp³-hybridized carbons (Fsp3) is 0.500. The van der Waals surface area contributed by atoms with Gasteiger partial charge in [-0.05, 0) is 24.6 Å². The first-order valence-electron chi connectivity index (χ1n) is 6.76. The highest BCUT2D eigenvalue weighted by Crippen LogP contribution is 2.19. The summed E-state index contributed by atoms with van der Waals surface area (Å²) in [6.45, 7) is 4.40. The van der Waals surface area contributed by atoms with Gasteiger partial charge in [0.15, 0.2) is 0 Å².